The summed E-state index contributed by atoms with van der Waals surface area (Å²) in [5.41, 5.74) is 2.12. The van der Waals surface area contributed by atoms with Crippen LogP contribution in [0.5, 0.6) is 0 Å². The van der Waals surface area contributed by atoms with Gasteiger partial charge >= 0.3 is 5.97 Å². The highest BCUT2D eigenvalue weighted by atomic mass is 16.5. The Morgan fingerprint density at radius 2 is 1.77 bits per heavy atom. The van der Waals surface area contributed by atoms with Gasteiger partial charge in [0, 0.05) is 6.42 Å². The molecule has 0 spiro atoms. The van der Waals surface area contributed by atoms with E-state index in [9.17, 15) is 4.79 Å². The van der Waals surface area contributed by atoms with Gasteiger partial charge in [0.2, 0.25) is 0 Å². The third-order valence-corrected chi connectivity index (χ3v) is 3.62. The zero-order valence-corrected chi connectivity index (χ0v) is 12.3. The van der Waals surface area contributed by atoms with Crippen molar-refractivity contribution in [1.82, 2.24) is 0 Å². The minimum atomic E-state index is -0.354. The summed E-state index contributed by atoms with van der Waals surface area (Å²) in [5, 5.41) is 0. The van der Waals surface area contributed by atoms with Crippen molar-refractivity contribution in [2.45, 2.75) is 25.6 Å². The van der Waals surface area contributed by atoms with Gasteiger partial charge in [-0.25, -0.2) is 4.79 Å². The van der Waals surface area contributed by atoms with Crippen molar-refractivity contribution in [3.05, 3.63) is 83.6 Å². The fraction of sp³-hybridized carbons (Fsp3) is 0.211. The van der Waals surface area contributed by atoms with Crippen molar-refractivity contribution >= 4 is 5.97 Å². The molecule has 0 saturated carbocycles. The molecule has 1 aliphatic rings. The van der Waals surface area contributed by atoms with Crippen molar-refractivity contribution in [3.63, 3.8) is 0 Å². The molecule has 0 radical (unpaired) electrons. The van der Waals surface area contributed by atoms with Gasteiger partial charge in [-0.2, -0.15) is 0 Å². The van der Waals surface area contributed by atoms with Crippen LogP contribution in [-0.2, 0) is 20.9 Å². The molecule has 3 heteroatoms. The number of ether oxygens (including phenoxy) is 2. The second-order valence-electron chi connectivity index (χ2n) is 5.26. The highest BCUT2D eigenvalue weighted by Gasteiger charge is 2.22. The topological polar surface area (TPSA) is 35.5 Å². The Balaban J connectivity index is 1.54. The summed E-state index contributed by atoms with van der Waals surface area (Å²) in [4.78, 5) is 11.8. The largest absolute Gasteiger partial charge is 0.490 e. The normalized spacial score (nSPS) is 18.9. The monoisotopic (exact) mass is 294 g/mol. The van der Waals surface area contributed by atoms with Gasteiger partial charge in [-0.1, -0.05) is 60.7 Å². The van der Waals surface area contributed by atoms with Crippen LogP contribution in [0.15, 0.2) is 72.5 Å². The van der Waals surface area contributed by atoms with Crippen LogP contribution in [0.25, 0.3) is 0 Å². The molecular weight excluding hydrogens is 276 g/mol. The average Bonchev–Trinajstić information content (AvgIpc) is 3.03. The van der Waals surface area contributed by atoms with E-state index >= 15 is 0 Å². The maximum atomic E-state index is 11.8. The van der Waals surface area contributed by atoms with E-state index in [4.69, 9.17) is 9.47 Å². The Morgan fingerprint density at radius 1 is 1.09 bits per heavy atom. The van der Waals surface area contributed by atoms with Crippen molar-refractivity contribution in [3.8, 4) is 0 Å². The highest BCUT2D eigenvalue weighted by molar-refractivity contribution is 5.82. The van der Waals surface area contributed by atoms with Gasteiger partial charge in [-0.15, -0.1) is 0 Å². The van der Waals surface area contributed by atoms with Crippen LogP contribution in [0.3, 0.4) is 0 Å². The molecule has 0 bridgehead atoms. The van der Waals surface area contributed by atoms with Crippen LogP contribution in [0.4, 0.5) is 0 Å². The molecule has 0 unspecified atom stereocenters. The van der Waals surface area contributed by atoms with E-state index in [0.717, 1.165) is 24.0 Å². The molecule has 1 fully saturated rings. The molecule has 2 aromatic carbocycles. The third kappa shape index (κ3) is 3.76. The van der Waals surface area contributed by atoms with Crippen molar-refractivity contribution in [2.75, 3.05) is 0 Å². The number of hydrogen-bond donors (Lipinski definition) is 0. The first-order chi connectivity index (χ1) is 10.8. The van der Waals surface area contributed by atoms with Gasteiger partial charge in [-0.3, -0.25) is 0 Å². The third-order valence-electron chi connectivity index (χ3n) is 3.62. The van der Waals surface area contributed by atoms with E-state index in [1.165, 1.54) is 6.08 Å². The predicted octanol–water partition coefficient (Wildman–Crippen LogP) is 4.17. The molecule has 1 heterocycles. The molecule has 0 N–H and O–H groups in total. The number of hydrogen-bond acceptors (Lipinski definition) is 3. The van der Waals surface area contributed by atoms with Crippen LogP contribution >= 0.6 is 0 Å². The zero-order chi connectivity index (χ0) is 15.2. The molecule has 22 heavy (non-hydrogen) atoms. The predicted molar refractivity (Wildman–Crippen MR) is 83.8 cm³/mol. The molecule has 1 aliphatic heterocycles. The van der Waals surface area contributed by atoms with Gasteiger partial charge < -0.3 is 9.47 Å². The Morgan fingerprint density at radius 3 is 2.50 bits per heavy atom. The average molecular weight is 294 g/mol. The number of allylic oxidation sites excluding steroid dienone is 1. The van der Waals surface area contributed by atoms with Crippen LogP contribution < -0.4 is 0 Å². The number of carbonyl (C=O) groups is 1. The number of esters is 1. The fourth-order valence-corrected chi connectivity index (χ4v) is 2.48. The first-order valence-electron chi connectivity index (χ1n) is 7.44. The van der Waals surface area contributed by atoms with Crippen molar-refractivity contribution in [2.24, 2.45) is 0 Å². The first kappa shape index (κ1) is 14.4. The molecule has 1 atom stereocenters. The minimum absolute atomic E-state index is 0.0365. The molecule has 0 aromatic heterocycles. The van der Waals surface area contributed by atoms with Gasteiger partial charge in [-0.05, 0) is 17.5 Å². The van der Waals surface area contributed by atoms with Crippen LogP contribution in [-0.4, -0.2) is 5.97 Å². The van der Waals surface area contributed by atoms with Crippen LogP contribution in [0, 0.1) is 0 Å². The SMILES string of the molecule is O=C(/C=C1/CC[C@H](c2ccccc2)O1)OCc1ccccc1. The van der Waals surface area contributed by atoms with Gasteiger partial charge in [0.25, 0.3) is 0 Å². The lowest BCUT2D eigenvalue weighted by Crippen LogP contribution is -2.02. The fourth-order valence-electron chi connectivity index (χ4n) is 2.48. The van der Waals surface area contributed by atoms with E-state index in [1.807, 2.05) is 60.7 Å². The molecule has 112 valence electrons. The van der Waals surface area contributed by atoms with E-state index in [0.29, 0.717) is 5.76 Å². The standard InChI is InChI=1S/C19H18O3/c20-19(21-14-15-7-3-1-4-8-15)13-17-11-12-18(22-17)16-9-5-2-6-10-16/h1-10,13,18H,11-12,14H2/b17-13-/t18-/m1/s1. The quantitative estimate of drug-likeness (QED) is 0.627. The van der Waals surface area contributed by atoms with Crippen molar-refractivity contribution in [1.29, 1.82) is 0 Å². The van der Waals surface area contributed by atoms with Gasteiger partial charge in [0.15, 0.2) is 0 Å². The lowest BCUT2D eigenvalue weighted by molar-refractivity contribution is -0.139. The summed E-state index contributed by atoms with van der Waals surface area (Å²) < 4.78 is 11.1. The number of rotatable bonds is 4. The number of carbonyl (C=O) groups excluding carboxylic acids is 1. The van der Waals surface area contributed by atoms with Crippen molar-refractivity contribution < 1.29 is 14.3 Å². The first-order valence-corrected chi connectivity index (χ1v) is 7.44. The van der Waals surface area contributed by atoms with E-state index < -0.39 is 0 Å². The van der Waals surface area contributed by atoms with Crippen LogP contribution in [0.2, 0.25) is 0 Å². The number of benzene rings is 2. The Labute approximate surface area is 130 Å². The molecule has 0 amide bonds. The molecule has 3 rings (SSSR count). The summed E-state index contributed by atoms with van der Waals surface area (Å²) in [6.45, 7) is 0.283. The molecule has 1 saturated heterocycles. The Bertz CT molecular complexity index is 647. The summed E-state index contributed by atoms with van der Waals surface area (Å²) in [5.74, 6) is 0.347. The highest BCUT2D eigenvalue weighted by Crippen LogP contribution is 2.34. The van der Waals surface area contributed by atoms with E-state index in [1.54, 1.807) is 0 Å². The minimum Gasteiger partial charge on any atom is -0.490 e. The Hall–Kier alpha value is -2.55. The molecule has 3 nitrogen and oxygen atoms in total. The zero-order valence-electron chi connectivity index (χ0n) is 12.3. The lowest BCUT2D eigenvalue weighted by atomic mass is 10.1. The van der Waals surface area contributed by atoms with Crippen LogP contribution in [0.1, 0.15) is 30.1 Å². The molecular formula is C19H18O3. The summed E-state index contributed by atoms with van der Waals surface area (Å²) in [6, 6.07) is 19.7. The smallest absolute Gasteiger partial charge is 0.334 e. The summed E-state index contributed by atoms with van der Waals surface area (Å²) >= 11 is 0. The maximum absolute atomic E-state index is 11.8. The molecule has 0 aliphatic carbocycles. The maximum Gasteiger partial charge on any atom is 0.334 e. The second kappa shape index (κ2) is 6.94. The lowest BCUT2D eigenvalue weighted by Gasteiger charge is -2.10. The van der Waals surface area contributed by atoms with E-state index in [2.05, 4.69) is 0 Å². The van der Waals surface area contributed by atoms with E-state index in [-0.39, 0.29) is 18.7 Å². The summed E-state index contributed by atoms with van der Waals surface area (Å²) in [7, 11) is 0. The summed E-state index contributed by atoms with van der Waals surface area (Å²) in [6.07, 6.45) is 3.16. The second-order valence-corrected chi connectivity index (χ2v) is 5.26. The van der Waals surface area contributed by atoms with Gasteiger partial charge in [0.1, 0.15) is 18.5 Å². The Kier molecular flexibility index (Phi) is 4.54. The van der Waals surface area contributed by atoms with Gasteiger partial charge in [0.05, 0.1) is 6.08 Å². The molecule has 2 aromatic rings.